The molecule has 0 saturated heterocycles. The minimum Gasteiger partial charge on any atom is -0.484 e. The van der Waals surface area contributed by atoms with E-state index in [2.05, 4.69) is 38.1 Å². The number of hydrogen-bond acceptors (Lipinski definition) is 4. The van der Waals surface area contributed by atoms with Crippen LogP contribution in [0, 0.1) is 0 Å². The Labute approximate surface area is 196 Å². The zero-order valence-corrected chi connectivity index (χ0v) is 19.7. The van der Waals surface area contributed by atoms with E-state index >= 15 is 0 Å². The average molecular weight is 515 g/mol. The highest BCUT2D eigenvalue weighted by molar-refractivity contribution is 9.10. The predicted molar refractivity (Wildman–Crippen MR) is 127 cm³/mol. The largest absolute Gasteiger partial charge is 0.484 e. The van der Waals surface area contributed by atoms with Crippen molar-refractivity contribution in [3.8, 4) is 5.75 Å². The lowest BCUT2D eigenvalue weighted by Gasteiger charge is -2.26. The number of amides is 1. The van der Waals surface area contributed by atoms with Gasteiger partial charge in [-0.15, -0.1) is 0 Å². The Balaban J connectivity index is 1.33. The number of benzene rings is 3. The van der Waals surface area contributed by atoms with Gasteiger partial charge in [-0.2, -0.15) is 0 Å². The molecule has 0 aromatic heterocycles. The summed E-state index contributed by atoms with van der Waals surface area (Å²) in [5, 5.41) is 3.04. The molecule has 32 heavy (non-hydrogen) atoms. The highest BCUT2D eigenvalue weighted by Gasteiger charge is 2.21. The van der Waals surface area contributed by atoms with Crippen LogP contribution in [0.4, 0.5) is 5.69 Å². The molecule has 0 bridgehead atoms. The van der Waals surface area contributed by atoms with Gasteiger partial charge in [0.1, 0.15) is 5.75 Å². The van der Waals surface area contributed by atoms with Crippen LogP contribution >= 0.6 is 15.9 Å². The summed E-state index contributed by atoms with van der Waals surface area (Å²) in [7, 11) is -3.72. The third-order valence-corrected chi connectivity index (χ3v) is 7.23. The number of carbonyl (C=O) groups is 1. The monoisotopic (exact) mass is 514 g/mol. The normalized spacial score (nSPS) is 15.5. The molecular formula is C24H23BrN2O4S. The number of ether oxygens (including phenoxy) is 1. The van der Waals surface area contributed by atoms with Gasteiger partial charge in [-0.05, 0) is 78.9 Å². The molecule has 1 atom stereocenters. The first-order chi connectivity index (χ1) is 15.4. The molecule has 166 valence electrons. The van der Waals surface area contributed by atoms with Gasteiger partial charge in [0, 0.05) is 10.2 Å². The summed E-state index contributed by atoms with van der Waals surface area (Å²) in [4.78, 5) is 12.5. The van der Waals surface area contributed by atoms with Crippen molar-refractivity contribution in [1.29, 1.82) is 0 Å². The number of carbonyl (C=O) groups excluding carboxylic acids is 1. The molecule has 3 aromatic rings. The number of anilines is 1. The first kappa shape index (κ1) is 22.4. The fraction of sp³-hybridized carbons (Fsp3) is 0.208. The molecule has 0 unspecified atom stereocenters. The summed E-state index contributed by atoms with van der Waals surface area (Å²) in [5.41, 5.74) is 2.91. The Kier molecular flexibility index (Phi) is 6.81. The van der Waals surface area contributed by atoms with E-state index in [0.717, 1.165) is 23.7 Å². The van der Waals surface area contributed by atoms with Crippen molar-refractivity contribution in [2.45, 2.75) is 30.2 Å². The van der Waals surface area contributed by atoms with Crippen LogP contribution in [0.2, 0.25) is 0 Å². The lowest BCUT2D eigenvalue weighted by atomic mass is 9.88. The lowest BCUT2D eigenvalue weighted by Crippen LogP contribution is -2.34. The maximum atomic E-state index is 12.6. The summed E-state index contributed by atoms with van der Waals surface area (Å²) in [6.07, 6.45) is 2.97. The molecule has 1 amide bonds. The van der Waals surface area contributed by atoms with Crippen LogP contribution in [0.3, 0.4) is 0 Å². The molecular weight excluding hydrogens is 492 g/mol. The molecule has 0 aliphatic heterocycles. The Morgan fingerprint density at radius 1 is 1.00 bits per heavy atom. The number of aryl methyl sites for hydroxylation is 1. The van der Waals surface area contributed by atoms with Crippen molar-refractivity contribution < 1.29 is 17.9 Å². The molecule has 4 rings (SSSR count). The van der Waals surface area contributed by atoms with Gasteiger partial charge in [-0.3, -0.25) is 9.52 Å². The van der Waals surface area contributed by atoms with E-state index in [9.17, 15) is 13.2 Å². The summed E-state index contributed by atoms with van der Waals surface area (Å²) in [6.45, 7) is -0.137. The standard InChI is InChI=1S/C24H23BrN2O4S/c25-18-8-10-19(11-9-18)27-32(29,30)21-14-12-20(13-15-21)31-16-24(28)26-23-7-3-5-17-4-1-2-6-22(17)23/h1-2,4,6,8-15,23,27H,3,5,7,16H2,(H,26,28)/t23-/m0/s1. The van der Waals surface area contributed by atoms with Crippen molar-refractivity contribution >= 4 is 37.5 Å². The van der Waals surface area contributed by atoms with E-state index in [1.807, 2.05) is 12.1 Å². The Bertz CT molecular complexity index is 1200. The Morgan fingerprint density at radius 3 is 2.47 bits per heavy atom. The predicted octanol–water partition coefficient (Wildman–Crippen LogP) is 4.82. The van der Waals surface area contributed by atoms with Gasteiger partial charge in [0.05, 0.1) is 10.9 Å². The second-order valence-electron chi connectivity index (χ2n) is 7.58. The Morgan fingerprint density at radius 2 is 1.72 bits per heavy atom. The molecule has 0 fully saturated rings. The highest BCUT2D eigenvalue weighted by Crippen LogP contribution is 2.29. The fourth-order valence-electron chi connectivity index (χ4n) is 3.74. The smallest absolute Gasteiger partial charge is 0.261 e. The molecule has 0 spiro atoms. The van der Waals surface area contributed by atoms with Crippen LogP contribution in [0.25, 0.3) is 0 Å². The van der Waals surface area contributed by atoms with Gasteiger partial charge in [-0.1, -0.05) is 40.2 Å². The second-order valence-corrected chi connectivity index (χ2v) is 10.2. The molecule has 8 heteroatoms. The number of hydrogen-bond donors (Lipinski definition) is 2. The number of fused-ring (bicyclic) bond motifs is 1. The summed E-state index contributed by atoms with van der Waals surface area (Å²) in [5.74, 6) is 0.215. The van der Waals surface area contributed by atoms with Crippen molar-refractivity contribution in [3.63, 3.8) is 0 Å². The van der Waals surface area contributed by atoms with Gasteiger partial charge in [0.2, 0.25) is 0 Å². The van der Waals surface area contributed by atoms with Gasteiger partial charge < -0.3 is 10.1 Å². The molecule has 1 aliphatic rings. The molecule has 0 heterocycles. The van der Waals surface area contributed by atoms with Crippen molar-refractivity contribution in [2.75, 3.05) is 11.3 Å². The number of rotatable bonds is 7. The third kappa shape index (κ3) is 5.49. The SMILES string of the molecule is O=C(COc1ccc(S(=O)(=O)Nc2ccc(Br)cc2)cc1)N[C@H]1CCCc2ccccc21. The minimum absolute atomic E-state index is 0.00625. The number of halogens is 1. The molecule has 0 radical (unpaired) electrons. The maximum Gasteiger partial charge on any atom is 0.261 e. The quantitative estimate of drug-likeness (QED) is 0.473. The van der Waals surface area contributed by atoms with Crippen LogP contribution in [-0.4, -0.2) is 20.9 Å². The molecule has 3 aromatic carbocycles. The van der Waals surface area contributed by atoms with Crippen LogP contribution in [0.15, 0.2) is 82.2 Å². The summed E-state index contributed by atoms with van der Waals surface area (Å²) < 4.78 is 34.1. The lowest BCUT2D eigenvalue weighted by molar-refractivity contribution is -0.124. The highest BCUT2D eigenvalue weighted by atomic mass is 79.9. The zero-order valence-electron chi connectivity index (χ0n) is 17.3. The van der Waals surface area contributed by atoms with E-state index in [-0.39, 0.29) is 23.5 Å². The number of nitrogens with one attached hydrogen (secondary N) is 2. The molecule has 1 aliphatic carbocycles. The van der Waals surface area contributed by atoms with E-state index < -0.39 is 10.0 Å². The van der Waals surface area contributed by atoms with E-state index in [4.69, 9.17) is 4.74 Å². The fourth-order valence-corrected chi connectivity index (χ4v) is 5.06. The summed E-state index contributed by atoms with van der Waals surface area (Å²) >= 11 is 3.32. The van der Waals surface area contributed by atoms with Crippen molar-refractivity contribution in [2.24, 2.45) is 0 Å². The summed E-state index contributed by atoms with van der Waals surface area (Å²) in [6, 6.07) is 21.0. The van der Waals surface area contributed by atoms with Crippen molar-refractivity contribution in [1.82, 2.24) is 5.32 Å². The zero-order chi connectivity index (χ0) is 22.6. The van der Waals surface area contributed by atoms with Gasteiger partial charge in [0.15, 0.2) is 6.61 Å². The van der Waals surface area contributed by atoms with Gasteiger partial charge >= 0.3 is 0 Å². The van der Waals surface area contributed by atoms with Crippen LogP contribution < -0.4 is 14.8 Å². The maximum absolute atomic E-state index is 12.6. The van der Waals surface area contributed by atoms with Crippen LogP contribution in [-0.2, 0) is 21.2 Å². The Hall–Kier alpha value is -2.84. The van der Waals surface area contributed by atoms with E-state index in [1.54, 1.807) is 36.4 Å². The van der Waals surface area contributed by atoms with Gasteiger partial charge in [-0.25, -0.2) is 8.42 Å². The topological polar surface area (TPSA) is 84.5 Å². The third-order valence-electron chi connectivity index (χ3n) is 5.31. The van der Waals surface area contributed by atoms with Crippen molar-refractivity contribution in [3.05, 3.63) is 88.4 Å². The second kappa shape index (κ2) is 9.75. The molecule has 0 saturated carbocycles. The molecule has 2 N–H and O–H groups in total. The number of sulfonamides is 1. The minimum atomic E-state index is -3.72. The average Bonchev–Trinajstić information content (AvgIpc) is 2.80. The van der Waals surface area contributed by atoms with Crippen LogP contribution in [0.1, 0.15) is 30.0 Å². The molecule has 6 nitrogen and oxygen atoms in total. The van der Waals surface area contributed by atoms with E-state index in [0.29, 0.717) is 11.4 Å². The first-order valence-corrected chi connectivity index (χ1v) is 12.6. The van der Waals surface area contributed by atoms with E-state index in [1.165, 1.54) is 23.3 Å². The van der Waals surface area contributed by atoms with Crippen LogP contribution in [0.5, 0.6) is 5.75 Å². The first-order valence-electron chi connectivity index (χ1n) is 10.3. The van der Waals surface area contributed by atoms with Gasteiger partial charge in [0.25, 0.3) is 15.9 Å².